The van der Waals surface area contributed by atoms with Gasteiger partial charge in [0.05, 0.1) is 5.56 Å². The molecule has 2 saturated carbocycles. The fraction of sp³-hybridized carbons (Fsp3) is 0.615. The zero-order chi connectivity index (χ0) is 11.8. The van der Waals surface area contributed by atoms with Crippen molar-refractivity contribution >= 4 is 17.2 Å². The van der Waals surface area contributed by atoms with E-state index in [4.69, 9.17) is 5.73 Å². The Bertz CT molecular complexity index is 423. The lowest BCUT2D eigenvalue weighted by Crippen LogP contribution is -2.32. The first kappa shape index (κ1) is 11.2. The molecule has 3 rings (SSSR count). The molecule has 2 aliphatic carbocycles. The van der Waals surface area contributed by atoms with Gasteiger partial charge in [0.2, 0.25) is 0 Å². The third-order valence-corrected chi connectivity index (χ3v) is 4.84. The first-order chi connectivity index (χ1) is 8.24. The predicted molar refractivity (Wildman–Crippen MR) is 69.4 cm³/mol. The van der Waals surface area contributed by atoms with Gasteiger partial charge in [-0.2, -0.15) is 0 Å². The molecule has 0 spiro atoms. The minimum absolute atomic E-state index is 0.0913. The van der Waals surface area contributed by atoms with Crippen LogP contribution in [-0.4, -0.2) is 18.0 Å². The van der Waals surface area contributed by atoms with E-state index in [9.17, 15) is 4.79 Å². The molecule has 0 bridgehead atoms. The van der Waals surface area contributed by atoms with E-state index in [1.807, 2.05) is 11.4 Å². The van der Waals surface area contributed by atoms with Crippen LogP contribution in [0.4, 0.5) is 0 Å². The van der Waals surface area contributed by atoms with Crippen molar-refractivity contribution in [3.05, 3.63) is 21.9 Å². The summed E-state index contributed by atoms with van der Waals surface area (Å²) in [5.74, 6) is 0.599. The maximum atomic E-state index is 12.0. The Balaban J connectivity index is 1.62. The highest BCUT2D eigenvalue weighted by Crippen LogP contribution is 2.41. The number of nitrogens with one attached hydrogen (secondary N) is 1. The van der Waals surface area contributed by atoms with Gasteiger partial charge in [-0.05, 0) is 25.3 Å². The largest absolute Gasteiger partial charge is 0.349 e. The summed E-state index contributed by atoms with van der Waals surface area (Å²) in [6.07, 6.45) is 5.84. The Morgan fingerprint density at radius 1 is 1.41 bits per heavy atom. The number of hydrogen-bond acceptors (Lipinski definition) is 3. The summed E-state index contributed by atoms with van der Waals surface area (Å²) >= 11 is 1.67. The molecule has 2 atom stereocenters. The fourth-order valence-corrected chi connectivity index (χ4v) is 3.63. The summed E-state index contributed by atoms with van der Waals surface area (Å²) in [7, 11) is 0. The number of amides is 1. The highest BCUT2D eigenvalue weighted by atomic mass is 32.1. The van der Waals surface area contributed by atoms with Crippen molar-refractivity contribution in [3.8, 4) is 0 Å². The monoisotopic (exact) mass is 250 g/mol. The second kappa shape index (κ2) is 4.42. The fourth-order valence-electron chi connectivity index (χ4n) is 2.55. The molecule has 1 heterocycles. The topological polar surface area (TPSA) is 55.1 Å². The van der Waals surface area contributed by atoms with Crippen LogP contribution in [0.1, 0.15) is 53.3 Å². The van der Waals surface area contributed by atoms with Crippen molar-refractivity contribution in [3.63, 3.8) is 0 Å². The molecule has 0 unspecified atom stereocenters. The summed E-state index contributed by atoms with van der Waals surface area (Å²) < 4.78 is 0. The van der Waals surface area contributed by atoms with Crippen molar-refractivity contribution < 1.29 is 4.79 Å². The molecule has 2 aliphatic rings. The Hall–Kier alpha value is -0.870. The van der Waals surface area contributed by atoms with Crippen LogP contribution in [0, 0.1) is 0 Å². The van der Waals surface area contributed by atoms with Gasteiger partial charge >= 0.3 is 0 Å². The minimum Gasteiger partial charge on any atom is -0.349 e. The van der Waals surface area contributed by atoms with E-state index in [0.29, 0.717) is 18.0 Å². The van der Waals surface area contributed by atoms with Crippen molar-refractivity contribution in [2.75, 3.05) is 0 Å². The minimum atomic E-state index is 0.0913. The first-order valence-corrected chi connectivity index (χ1v) is 7.27. The lowest BCUT2D eigenvalue weighted by Gasteiger charge is -2.10. The van der Waals surface area contributed by atoms with Crippen molar-refractivity contribution in [1.82, 2.24) is 5.32 Å². The molecule has 0 saturated heterocycles. The predicted octanol–water partition coefficient (Wildman–Crippen LogP) is 2.24. The van der Waals surface area contributed by atoms with E-state index in [0.717, 1.165) is 24.8 Å². The van der Waals surface area contributed by atoms with Gasteiger partial charge in [0.1, 0.15) is 0 Å². The SMILES string of the molecule is N[C@@H]1C[C@H]1c1cc(C(=O)NC2CCCC2)cs1. The standard InChI is InChI=1S/C13H18N2OS/c14-11-6-10(11)12-5-8(7-17-12)13(16)15-9-3-1-2-4-9/h5,7,9-11H,1-4,6,14H2,(H,15,16)/t10-,11-/m1/s1. The lowest BCUT2D eigenvalue weighted by atomic mass is 10.2. The van der Waals surface area contributed by atoms with Crippen LogP contribution in [0.2, 0.25) is 0 Å². The van der Waals surface area contributed by atoms with E-state index < -0.39 is 0 Å². The second-order valence-corrected chi connectivity index (χ2v) is 6.14. The summed E-state index contributed by atoms with van der Waals surface area (Å²) in [6, 6.07) is 2.74. The van der Waals surface area contributed by atoms with E-state index in [-0.39, 0.29) is 5.91 Å². The van der Waals surface area contributed by atoms with E-state index in [1.54, 1.807) is 11.3 Å². The molecule has 3 N–H and O–H groups in total. The Kier molecular flexibility index (Phi) is 2.92. The second-order valence-electron chi connectivity index (χ2n) is 5.20. The van der Waals surface area contributed by atoms with Crippen LogP contribution in [0.5, 0.6) is 0 Å². The molecule has 1 amide bonds. The van der Waals surface area contributed by atoms with Crippen LogP contribution in [0.25, 0.3) is 0 Å². The molecular formula is C13H18N2OS. The number of hydrogen-bond donors (Lipinski definition) is 2. The van der Waals surface area contributed by atoms with Gasteiger partial charge < -0.3 is 11.1 Å². The highest BCUT2D eigenvalue weighted by molar-refractivity contribution is 7.10. The molecule has 0 radical (unpaired) electrons. The normalized spacial score (nSPS) is 28.3. The van der Waals surface area contributed by atoms with E-state index in [1.165, 1.54) is 17.7 Å². The van der Waals surface area contributed by atoms with Gasteiger partial charge in [0, 0.05) is 28.3 Å². The summed E-state index contributed by atoms with van der Waals surface area (Å²) in [5.41, 5.74) is 6.64. The van der Waals surface area contributed by atoms with Gasteiger partial charge in [-0.15, -0.1) is 11.3 Å². The molecule has 0 aliphatic heterocycles. The maximum Gasteiger partial charge on any atom is 0.252 e. The van der Waals surface area contributed by atoms with Gasteiger partial charge in [0.15, 0.2) is 0 Å². The highest BCUT2D eigenvalue weighted by Gasteiger charge is 2.36. The Labute approximate surface area is 105 Å². The lowest BCUT2D eigenvalue weighted by molar-refractivity contribution is 0.0938. The molecule has 3 nitrogen and oxygen atoms in total. The van der Waals surface area contributed by atoms with Crippen LogP contribution >= 0.6 is 11.3 Å². The number of thiophene rings is 1. The summed E-state index contributed by atoms with van der Waals surface area (Å²) in [5, 5.41) is 5.08. The number of carbonyl (C=O) groups is 1. The summed E-state index contributed by atoms with van der Waals surface area (Å²) in [6.45, 7) is 0. The molecule has 17 heavy (non-hydrogen) atoms. The Morgan fingerprint density at radius 3 is 2.76 bits per heavy atom. The molecule has 4 heteroatoms. The first-order valence-electron chi connectivity index (χ1n) is 6.39. The zero-order valence-corrected chi connectivity index (χ0v) is 10.6. The number of rotatable bonds is 3. The third-order valence-electron chi connectivity index (χ3n) is 3.78. The van der Waals surface area contributed by atoms with Crippen molar-refractivity contribution in [2.45, 2.75) is 50.1 Å². The maximum absolute atomic E-state index is 12.0. The summed E-state index contributed by atoms with van der Waals surface area (Å²) in [4.78, 5) is 13.3. The molecule has 0 aromatic carbocycles. The van der Waals surface area contributed by atoms with Crippen LogP contribution in [-0.2, 0) is 0 Å². The molecule has 2 fully saturated rings. The van der Waals surface area contributed by atoms with Gasteiger partial charge in [-0.25, -0.2) is 0 Å². The number of carbonyl (C=O) groups excluding carboxylic acids is 1. The van der Waals surface area contributed by atoms with Crippen molar-refractivity contribution in [1.29, 1.82) is 0 Å². The number of nitrogens with two attached hydrogens (primary N) is 1. The average Bonchev–Trinajstić information content (AvgIpc) is 2.79. The third kappa shape index (κ3) is 2.38. The molecule has 1 aromatic rings. The van der Waals surface area contributed by atoms with Crippen LogP contribution < -0.4 is 11.1 Å². The Morgan fingerprint density at radius 2 is 2.12 bits per heavy atom. The molecule has 1 aromatic heterocycles. The zero-order valence-electron chi connectivity index (χ0n) is 9.82. The molecule has 92 valence electrons. The van der Waals surface area contributed by atoms with Crippen molar-refractivity contribution in [2.24, 2.45) is 5.73 Å². The smallest absolute Gasteiger partial charge is 0.252 e. The van der Waals surface area contributed by atoms with E-state index in [2.05, 4.69) is 5.32 Å². The van der Waals surface area contributed by atoms with Crippen LogP contribution in [0.3, 0.4) is 0 Å². The average molecular weight is 250 g/mol. The van der Waals surface area contributed by atoms with E-state index >= 15 is 0 Å². The van der Waals surface area contributed by atoms with Gasteiger partial charge in [0.25, 0.3) is 5.91 Å². The molecular weight excluding hydrogens is 232 g/mol. The van der Waals surface area contributed by atoms with Gasteiger partial charge in [-0.1, -0.05) is 12.8 Å². The quantitative estimate of drug-likeness (QED) is 0.864. The van der Waals surface area contributed by atoms with Gasteiger partial charge in [-0.3, -0.25) is 4.79 Å². The van der Waals surface area contributed by atoms with Crippen LogP contribution in [0.15, 0.2) is 11.4 Å².